The molecule has 0 amide bonds. The number of methoxy groups -OCH3 is 1. The molecule has 6 heteroatoms. The number of carboxylic acids is 1. The number of aryl methyl sites for hydroxylation is 1. The second-order valence-electron chi connectivity index (χ2n) is 3.19. The minimum Gasteiger partial charge on any atom is -0.494 e. The van der Waals surface area contributed by atoms with Gasteiger partial charge in [0.2, 0.25) is 0 Å². The highest BCUT2D eigenvalue weighted by molar-refractivity contribution is 5.71. The van der Waals surface area contributed by atoms with Crippen LogP contribution in [0.2, 0.25) is 0 Å². The van der Waals surface area contributed by atoms with E-state index in [1.54, 1.807) is 0 Å². The van der Waals surface area contributed by atoms with Gasteiger partial charge < -0.3 is 9.84 Å². The van der Waals surface area contributed by atoms with Crippen LogP contribution in [-0.2, 0) is 11.2 Å². The Balaban J connectivity index is 3.32. The van der Waals surface area contributed by atoms with Gasteiger partial charge in [0, 0.05) is 6.20 Å². The summed E-state index contributed by atoms with van der Waals surface area (Å²) in [5, 5.41) is 8.59. The number of alkyl halides is 2. The van der Waals surface area contributed by atoms with Gasteiger partial charge in [0.05, 0.1) is 24.8 Å². The summed E-state index contributed by atoms with van der Waals surface area (Å²) in [6.45, 7) is 1.52. The largest absolute Gasteiger partial charge is 0.494 e. The fraction of sp³-hybridized carbons (Fsp3) is 0.400. The Labute approximate surface area is 90.9 Å². The molecule has 1 N–H and O–H groups in total. The number of aliphatic carboxylic acids is 1. The van der Waals surface area contributed by atoms with Crippen molar-refractivity contribution >= 4 is 5.97 Å². The van der Waals surface area contributed by atoms with Crippen molar-refractivity contribution in [2.75, 3.05) is 7.11 Å². The number of halogens is 2. The zero-order valence-corrected chi connectivity index (χ0v) is 8.83. The van der Waals surface area contributed by atoms with Gasteiger partial charge in [-0.2, -0.15) is 0 Å². The van der Waals surface area contributed by atoms with Gasteiger partial charge >= 0.3 is 5.97 Å². The van der Waals surface area contributed by atoms with E-state index in [2.05, 4.69) is 4.98 Å². The Kier molecular flexibility index (Phi) is 3.76. The van der Waals surface area contributed by atoms with Gasteiger partial charge in [-0.15, -0.1) is 0 Å². The summed E-state index contributed by atoms with van der Waals surface area (Å²) in [4.78, 5) is 14.3. The predicted molar refractivity (Wildman–Crippen MR) is 51.8 cm³/mol. The molecule has 16 heavy (non-hydrogen) atoms. The van der Waals surface area contributed by atoms with Crippen molar-refractivity contribution in [3.63, 3.8) is 0 Å². The Bertz CT molecular complexity index is 407. The van der Waals surface area contributed by atoms with Gasteiger partial charge in [0.25, 0.3) is 6.43 Å². The van der Waals surface area contributed by atoms with Crippen molar-refractivity contribution in [2.24, 2.45) is 0 Å². The van der Waals surface area contributed by atoms with Crippen LogP contribution in [0.4, 0.5) is 8.78 Å². The number of hydrogen-bond acceptors (Lipinski definition) is 3. The van der Waals surface area contributed by atoms with Crippen molar-refractivity contribution in [3.05, 3.63) is 23.0 Å². The molecule has 0 spiro atoms. The molecule has 0 fully saturated rings. The molecule has 0 unspecified atom stereocenters. The van der Waals surface area contributed by atoms with Crippen molar-refractivity contribution in [3.8, 4) is 5.75 Å². The van der Waals surface area contributed by atoms with E-state index >= 15 is 0 Å². The molecule has 1 aromatic heterocycles. The second-order valence-corrected chi connectivity index (χ2v) is 3.19. The van der Waals surface area contributed by atoms with Gasteiger partial charge in [-0.05, 0) is 12.5 Å². The predicted octanol–water partition coefficient (Wildman–Crippen LogP) is 1.96. The molecule has 0 radical (unpaired) electrons. The molecular weight excluding hydrogens is 220 g/mol. The summed E-state index contributed by atoms with van der Waals surface area (Å²) in [6.07, 6.45) is -2.14. The van der Waals surface area contributed by atoms with Gasteiger partial charge in [-0.25, -0.2) is 8.78 Å². The maximum atomic E-state index is 12.8. The lowest BCUT2D eigenvalue weighted by atomic mass is 10.1. The van der Waals surface area contributed by atoms with Crippen molar-refractivity contribution in [1.82, 2.24) is 4.98 Å². The third-order valence-electron chi connectivity index (χ3n) is 2.10. The highest BCUT2D eigenvalue weighted by Gasteiger charge is 2.22. The van der Waals surface area contributed by atoms with E-state index in [0.29, 0.717) is 5.69 Å². The molecule has 1 aromatic rings. The lowest BCUT2D eigenvalue weighted by molar-refractivity contribution is -0.136. The molecule has 88 valence electrons. The summed E-state index contributed by atoms with van der Waals surface area (Å²) in [6, 6.07) is 0. The van der Waals surface area contributed by atoms with Gasteiger partial charge in [-0.3, -0.25) is 9.78 Å². The standard InChI is InChI=1S/C10H11F2NO3/c1-5-9(16-2)8(10(11)12)6(4-13-5)3-7(14)15/h4,10H,3H2,1-2H3,(H,14,15). The van der Waals surface area contributed by atoms with E-state index in [4.69, 9.17) is 9.84 Å². The van der Waals surface area contributed by atoms with Crippen LogP contribution >= 0.6 is 0 Å². The number of rotatable bonds is 4. The Morgan fingerprint density at radius 1 is 1.62 bits per heavy atom. The monoisotopic (exact) mass is 231 g/mol. The molecule has 0 aromatic carbocycles. The fourth-order valence-corrected chi connectivity index (χ4v) is 1.44. The quantitative estimate of drug-likeness (QED) is 0.860. The lowest BCUT2D eigenvalue weighted by Gasteiger charge is -2.13. The number of hydrogen-bond donors (Lipinski definition) is 1. The molecule has 1 heterocycles. The van der Waals surface area contributed by atoms with Crippen molar-refractivity contribution in [2.45, 2.75) is 19.8 Å². The minimum atomic E-state index is -2.79. The first-order valence-corrected chi connectivity index (χ1v) is 4.49. The maximum Gasteiger partial charge on any atom is 0.307 e. The summed E-state index contributed by atoms with van der Waals surface area (Å²) >= 11 is 0. The van der Waals surface area contributed by atoms with Crippen LogP contribution in [0.3, 0.4) is 0 Å². The lowest BCUT2D eigenvalue weighted by Crippen LogP contribution is -2.08. The fourth-order valence-electron chi connectivity index (χ4n) is 1.44. The summed E-state index contributed by atoms with van der Waals surface area (Å²) < 4.78 is 30.4. The van der Waals surface area contributed by atoms with Crippen LogP contribution in [0.15, 0.2) is 6.20 Å². The molecule has 0 bridgehead atoms. The van der Waals surface area contributed by atoms with Crippen LogP contribution in [0.5, 0.6) is 5.75 Å². The van der Waals surface area contributed by atoms with Gasteiger partial charge in [0.1, 0.15) is 5.75 Å². The Morgan fingerprint density at radius 3 is 2.69 bits per heavy atom. The normalized spacial score (nSPS) is 10.6. The third kappa shape index (κ3) is 2.44. The van der Waals surface area contributed by atoms with E-state index in [1.807, 2.05) is 0 Å². The molecule has 0 aliphatic heterocycles. The SMILES string of the molecule is COc1c(C)ncc(CC(=O)O)c1C(F)F. The summed E-state index contributed by atoms with van der Waals surface area (Å²) in [7, 11) is 1.25. The van der Waals surface area contributed by atoms with Crippen molar-refractivity contribution in [1.29, 1.82) is 0 Å². The smallest absolute Gasteiger partial charge is 0.307 e. The number of ether oxygens (including phenoxy) is 1. The first-order valence-electron chi connectivity index (χ1n) is 4.49. The third-order valence-corrected chi connectivity index (χ3v) is 2.10. The Hall–Kier alpha value is -1.72. The highest BCUT2D eigenvalue weighted by Crippen LogP contribution is 2.33. The van der Waals surface area contributed by atoms with Crippen LogP contribution in [0.1, 0.15) is 23.2 Å². The van der Waals surface area contributed by atoms with Gasteiger partial charge in [0.15, 0.2) is 0 Å². The molecule has 0 saturated carbocycles. The highest BCUT2D eigenvalue weighted by atomic mass is 19.3. The van der Waals surface area contributed by atoms with E-state index in [9.17, 15) is 13.6 Å². The zero-order chi connectivity index (χ0) is 12.3. The molecule has 0 aliphatic carbocycles. The molecule has 0 saturated heterocycles. The number of pyridine rings is 1. The van der Waals surface area contributed by atoms with Crippen LogP contribution in [0, 0.1) is 6.92 Å². The molecule has 0 atom stereocenters. The minimum absolute atomic E-state index is 0.0232. The van der Waals surface area contributed by atoms with Gasteiger partial charge in [-0.1, -0.05) is 0 Å². The Morgan fingerprint density at radius 2 is 2.25 bits per heavy atom. The summed E-state index contributed by atoms with van der Waals surface area (Å²) in [5.41, 5.74) is -0.103. The second kappa shape index (κ2) is 4.87. The zero-order valence-electron chi connectivity index (χ0n) is 8.83. The molecular formula is C10H11F2NO3. The summed E-state index contributed by atoms with van der Waals surface area (Å²) in [5.74, 6) is -1.23. The molecule has 4 nitrogen and oxygen atoms in total. The number of carboxylic acid groups (broad SMARTS) is 1. The van der Waals surface area contributed by atoms with Crippen LogP contribution < -0.4 is 4.74 Å². The topological polar surface area (TPSA) is 59.4 Å². The number of aromatic nitrogens is 1. The number of nitrogens with zero attached hydrogens (tertiary/aromatic N) is 1. The first-order chi connectivity index (χ1) is 7.47. The average Bonchev–Trinajstić information content (AvgIpc) is 2.18. The van der Waals surface area contributed by atoms with E-state index < -0.39 is 24.4 Å². The van der Waals surface area contributed by atoms with Crippen LogP contribution in [-0.4, -0.2) is 23.2 Å². The van der Waals surface area contributed by atoms with E-state index in [0.717, 1.165) is 6.20 Å². The maximum absolute atomic E-state index is 12.8. The van der Waals surface area contributed by atoms with E-state index in [1.165, 1.54) is 14.0 Å². The average molecular weight is 231 g/mol. The molecule has 1 rings (SSSR count). The molecule has 0 aliphatic rings. The van der Waals surface area contributed by atoms with E-state index in [-0.39, 0.29) is 11.3 Å². The van der Waals surface area contributed by atoms with Crippen molar-refractivity contribution < 1.29 is 23.4 Å². The number of carbonyl (C=O) groups is 1. The first kappa shape index (κ1) is 12.4. The van der Waals surface area contributed by atoms with Crippen LogP contribution in [0.25, 0.3) is 0 Å².